The van der Waals surface area contributed by atoms with E-state index in [0.29, 0.717) is 16.9 Å². The summed E-state index contributed by atoms with van der Waals surface area (Å²) in [7, 11) is 3.91. The smallest absolute Gasteiger partial charge is 0.277 e. The van der Waals surface area contributed by atoms with Crippen LogP contribution in [0.2, 0.25) is 0 Å². The molecule has 0 atom stereocenters. The maximum absolute atomic E-state index is 11.9. The van der Waals surface area contributed by atoms with E-state index in [-0.39, 0.29) is 12.3 Å². The summed E-state index contributed by atoms with van der Waals surface area (Å²) >= 11 is 0. The van der Waals surface area contributed by atoms with Gasteiger partial charge in [-0.2, -0.15) is 5.10 Å². The van der Waals surface area contributed by atoms with Crippen LogP contribution in [-0.4, -0.2) is 37.7 Å². The molecule has 0 bridgehead atoms. The van der Waals surface area contributed by atoms with Crippen molar-refractivity contribution in [3.05, 3.63) is 63.2 Å². The number of nitrogens with zero attached hydrogens (tertiary/aromatic N) is 3. The van der Waals surface area contributed by atoms with E-state index in [1.54, 1.807) is 20.1 Å². The molecule has 0 aliphatic carbocycles. The number of benzene rings is 2. The van der Waals surface area contributed by atoms with Crippen molar-refractivity contribution in [2.24, 2.45) is 5.10 Å². The van der Waals surface area contributed by atoms with Gasteiger partial charge in [-0.05, 0) is 42.7 Å². The van der Waals surface area contributed by atoms with Crippen LogP contribution in [0, 0.1) is 24.0 Å². The summed E-state index contributed by atoms with van der Waals surface area (Å²) in [6.45, 7) is 3.15. The van der Waals surface area contributed by atoms with Crippen LogP contribution in [0.4, 0.5) is 11.4 Å². The fourth-order valence-corrected chi connectivity index (χ4v) is 2.47. The van der Waals surface area contributed by atoms with Crippen molar-refractivity contribution >= 4 is 23.5 Å². The highest BCUT2D eigenvalue weighted by Gasteiger charge is 2.14. The molecule has 2 rings (SSSR count). The Morgan fingerprint density at radius 2 is 1.81 bits per heavy atom. The number of hydrogen-bond donors (Lipinski definition) is 1. The number of hydrogen-bond acceptors (Lipinski definition) is 6. The Kier molecular flexibility index (Phi) is 6.48. The molecule has 1 N–H and O–H groups in total. The summed E-state index contributed by atoms with van der Waals surface area (Å²) < 4.78 is 5.49. The molecule has 0 radical (unpaired) electrons. The van der Waals surface area contributed by atoms with Gasteiger partial charge in [-0.3, -0.25) is 14.9 Å². The van der Waals surface area contributed by atoms with Crippen molar-refractivity contribution in [1.29, 1.82) is 0 Å². The van der Waals surface area contributed by atoms with Gasteiger partial charge in [0.25, 0.3) is 11.6 Å². The molecule has 2 aromatic carbocycles. The van der Waals surface area contributed by atoms with E-state index in [2.05, 4.69) is 10.5 Å². The number of nitrogens with one attached hydrogen (secondary N) is 1. The van der Waals surface area contributed by atoms with Gasteiger partial charge in [0.15, 0.2) is 6.61 Å². The lowest BCUT2D eigenvalue weighted by Gasteiger charge is -2.11. The fraction of sp³-hybridized carbons (Fsp3) is 0.263. The molecular weight excluding hydrogens is 348 g/mol. The first kappa shape index (κ1) is 19.9. The summed E-state index contributed by atoms with van der Waals surface area (Å²) in [5.41, 5.74) is 5.50. The highest BCUT2D eigenvalue weighted by atomic mass is 16.6. The van der Waals surface area contributed by atoms with Gasteiger partial charge in [0.05, 0.1) is 11.1 Å². The van der Waals surface area contributed by atoms with E-state index < -0.39 is 10.8 Å². The van der Waals surface area contributed by atoms with Crippen LogP contribution < -0.4 is 15.1 Å². The Bertz CT molecular complexity index is 838. The molecular formula is C19H22N4O4. The number of nitro benzene ring substituents is 1. The number of carbonyl (C=O) groups is 1. The van der Waals surface area contributed by atoms with Gasteiger partial charge in [-0.1, -0.05) is 12.1 Å². The summed E-state index contributed by atoms with van der Waals surface area (Å²) in [5, 5.41) is 14.8. The van der Waals surface area contributed by atoms with E-state index in [1.807, 2.05) is 43.3 Å². The van der Waals surface area contributed by atoms with E-state index >= 15 is 0 Å². The second-order valence-electron chi connectivity index (χ2n) is 6.23. The predicted octanol–water partition coefficient (Wildman–Crippen LogP) is 2.81. The largest absolute Gasteiger partial charge is 0.483 e. The van der Waals surface area contributed by atoms with Crippen molar-refractivity contribution < 1.29 is 14.5 Å². The molecule has 0 aliphatic heterocycles. The van der Waals surface area contributed by atoms with Crippen LogP contribution in [0.1, 0.15) is 16.7 Å². The Balaban J connectivity index is 1.90. The number of aryl methyl sites for hydroxylation is 2. The molecule has 0 saturated heterocycles. The zero-order valence-corrected chi connectivity index (χ0v) is 15.7. The third-order valence-electron chi connectivity index (χ3n) is 3.82. The number of anilines is 1. The molecule has 142 valence electrons. The molecule has 8 heteroatoms. The highest BCUT2D eigenvalue weighted by Crippen LogP contribution is 2.28. The Morgan fingerprint density at radius 1 is 1.22 bits per heavy atom. The van der Waals surface area contributed by atoms with Crippen molar-refractivity contribution in [3.8, 4) is 5.75 Å². The van der Waals surface area contributed by atoms with Crippen LogP contribution >= 0.6 is 0 Å². The number of ether oxygens (including phenoxy) is 1. The SMILES string of the molecule is Cc1cc([N+](=O)[O-])cc(C)c1OCC(=O)N/N=C/c1ccc(N(C)C)cc1. The maximum atomic E-state index is 11.9. The number of nitro groups is 1. The number of amides is 1. The summed E-state index contributed by atoms with van der Waals surface area (Å²) in [4.78, 5) is 24.3. The summed E-state index contributed by atoms with van der Waals surface area (Å²) in [6.07, 6.45) is 1.54. The Labute approximate surface area is 157 Å². The van der Waals surface area contributed by atoms with Crippen LogP contribution in [0.25, 0.3) is 0 Å². The van der Waals surface area contributed by atoms with Gasteiger partial charge in [-0.25, -0.2) is 5.43 Å². The first-order valence-electron chi connectivity index (χ1n) is 8.25. The molecule has 0 spiro atoms. The minimum atomic E-state index is -0.462. The molecule has 1 amide bonds. The van der Waals surface area contributed by atoms with Crippen molar-refractivity contribution in [2.45, 2.75) is 13.8 Å². The van der Waals surface area contributed by atoms with Gasteiger partial charge in [-0.15, -0.1) is 0 Å². The van der Waals surface area contributed by atoms with Crippen LogP contribution in [-0.2, 0) is 4.79 Å². The van der Waals surface area contributed by atoms with Crippen LogP contribution in [0.5, 0.6) is 5.75 Å². The van der Waals surface area contributed by atoms with Gasteiger partial charge in [0, 0.05) is 31.9 Å². The third-order valence-corrected chi connectivity index (χ3v) is 3.82. The lowest BCUT2D eigenvalue weighted by atomic mass is 10.1. The zero-order valence-electron chi connectivity index (χ0n) is 15.7. The number of hydrazone groups is 1. The maximum Gasteiger partial charge on any atom is 0.277 e. The van der Waals surface area contributed by atoms with E-state index in [4.69, 9.17) is 4.74 Å². The van der Waals surface area contributed by atoms with Gasteiger partial charge >= 0.3 is 0 Å². The highest BCUT2D eigenvalue weighted by molar-refractivity contribution is 5.83. The van der Waals surface area contributed by atoms with Crippen LogP contribution in [0.3, 0.4) is 0 Å². The first-order chi connectivity index (χ1) is 12.8. The average molecular weight is 370 g/mol. The fourth-order valence-electron chi connectivity index (χ4n) is 2.47. The van der Waals surface area contributed by atoms with Gasteiger partial charge in [0.2, 0.25) is 0 Å². The van der Waals surface area contributed by atoms with E-state index in [0.717, 1.165) is 11.3 Å². The number of rotatable bonds is 7. The molecule has 0 aliphatic rings. The molecule has 0 aromatic heterocycles. The topological polar surface area (TPSA) is 97.1 Å². The quantitative estimate of drug-likeness (QED) is 0.459. The lowest BCUT2D eigenvalue weighted by molar-refractivity contribution is -0.385. The minimum Gasteiger partial charge on any atom is -0.483 e. The number of carbonyl (C=O) groups excluding carboxylic acids is 1. The van der Waals surface area contributed by atoms with E-state index in [1.165, 1.54) is 12.1 Å². The molecule has 27 heavy (non-hydrogen) atoms. The van der Waals surface area contributed by atoms with Crippen molar-refractivity contribution in [2.75, 3.05) is 25.6 Å². The Morgan fingerprint density at radius 3 is 2.33 bits per heavy atom. The average Bonchev–Trinajstić information content (AvgIpc) is 2.61. The minimum absolute atomic E-state index is 0.00770. The third kappa shape index (κ3) is 5.53. The standard InChI is InChI=1S/C19H22N4O4/c1-13-9-17(23(25)26)10-14(2)19(13)27-12-18(24)21-20-11-15-5-7-16(8-6-15)22(3)4/h5-11H,12H2,1-4H3,(H,21,24)/b20-11+. The summed E-state index contributed by atoms with van der Waals surface area (Å²) in [5.74, 6) is 0.0346. The molecule has 0 saturated carbocycles. The van der Waals surface area contributed by atoms with Gasteiger partial charge in [0.1, 0.15) is 5.75 Å². The normalized spacial score (nSPS) is 10.7. The monoisotopic (exact) mass is 370 g/mol. The second kappa shape index (κ2) is 8.79. The van der Waals surface area contributed by atoms with E-state index in [9.17, 15) is 14.9 Å². The first-order valence-corrected chi connectivity index (χ1v) is 8.25. The number of non-ortho nitro benzene ring substituents is 1. The van der Waals surface area contributed by atoms with Gasteiger partial charge < -0.3 is 9.64 Å². The Hall–Kier alpha value is -3.42. The molecule has 0 unspecified atom stereocenters. The lowest BCUT2D eigenvalue weighted by Crippen LogP contribution is -2.25. The zero-order chi connectivity index (χ0) is 20.0. The molecule has 0 fully saturated rings. The van der Waals surface area contributed by atoms with Crippen molar-refractivity contribution in [3.63, 3.8) is 0 Å². The summed E-state index contributed by atoms with van der Waals surface area (Å²) in [6, 6.07) is 10.5. The van der Waals surface area contributed by atoms with Crippen molar-refractivity contribution in [1.82, 2.24) is 5.43 Å². The second-order valence-corrected chi connectivity index (χ2v) is 6.23. The predicted molar refractivity (Wildman–Crippen MR) is 105 cm³/mol. The van der Waals surface area contributed by atoms with Crippen LogP contribution in [0.15, 0.2) is 41.5 Å². The molecule has 0 heterocycles. The molecule has 2 aromatic rings. The molecule has 8 nitrogen and oxygen atoms in total.